The molecule has 2 aliphatic rings. The molecule has 2 nitrogen and oxygen atoms in total. The molecule has 0 aromatic heterocycles. The molecule has 1 heterocycles. The number of nitrogens with zero attached hydrogens (tertiary/aromatic N) is 1. The first-order valence-electron chi connectivity index (χ1n) is 4.25. The van der Waals surface area contributed by atoms with E-state index in [4.69, 9.17) is 11.6 Å². The monoisotopic (exact) mass is 175 g/mol. The van der Waals surface area contributed by atoms with Crippen LogP contribution < -0.4 is 0 Å². The molecule has 0 spiro atoms. The summed E-state index contributed by atoms with van der Waals surface area (Å²) in [6.45, 7) is 3.03. The quantitative estimate of drug-likeness (QED) is 0.638. The number of aliphatic hydroxyl groups is 1. The van der Waals surface area contributed by atoms with Crippen LogP contribution in [0.3, 0.4) is 0 Å². The van der Waals surface area contributed by atoms with E-state index in [2.05, 4.69) is 4.90 Å². The molecule has 1 aliphatic heterocycles. The summed E-state index contributed by atoms with van der Waals surface area (Å²) in [5.41, 5.74) is -0.285. The number of likely N-dealkylation sites (tertiary alicyclic amines) is 1. The zero-order valence-electron chi connectivity index (χ0n) is 6.59. The molecule has 2 rings (SSSR count). The van der Waals surface area contributed by atoms with Gasteiger partial charge in [-0.05, 0) is 19.4 Å². The maximum atomic E-state index is 9.66. The van der Waals surface area contributed by atoms with Crippen molar-refractivity contribution in [3.05, 3.63) is 0 Å². The van der Waals surface area contributed by atoms with Crippen molar-refractivity contribution < 1.29 is 5.11 Å². The van der Waals surface area contributed by atoms with Crippen molar-refractivity contribution in [2.75, 3.05) is 25.5 Å². The van der Waals surface area contributed by atoms with Gasteiger partial charge in [-0.15, -0.1) is 11.6 Å². The zero-order chi connectivity index (χ0) is 7.90. The number of halogens is 1. The Bertz CT molecular complexity index is 164. The molecule has 2 atom stereocenters. The van der Waals surface area contributed by atoms with Gasteiger partial charge in [0.2, 0.25) is 0 Å². The van der Waals surface area contributed by atoms with Crippen LogP contribution in [-0.2, 0) is 0 Å². The molecule has 0 amide bonds. The average molecular weight is 176 g/mol. The number of piperidine rings is 1. The van der Waals surface area contributed by atoms with Gasteiger partial charge in [0.05, 0.1) is 5.60 Å². The van der Waals surface area contributed by atoms with Gasteiger partial charge in [0.15, 0.2) is 0 Å². The number of fused-ring (bicyclic) bond motifs is 1. The summed E-state index contributed by atoms with van der Waals surface area (Å²) in [6.07, 6.45) is 2.08. The number of β-amino-alcohol motifs (C(OH)–C–C–N with tert-alkyl or cyclic N) is 1. The minimum Gasteiger partial charge on any atom is -0.388 e. The van der Waals surface area contributed by atoms with Gasteiger partial charge in [-0.25, -0.2) is 0 Å². The maximum Gasteiger partial charge on any atom is 0.0819 e. The molecule has 1 N–H and O–H groups in total. The lowest BCUT2D eigenvalue weighted by Crippen LogP contribution is -2.28. The second-order valence-electron chi connectivity index (χ2n) is 3.78. The van der Waals surface area contributed by atoms with Gasteiger partial charge >= 0.3 is 0 Å². The van der Waals surface area contributed by atoms with Crippen molar-refractivity contribution in [3.8, 4) is 0 Å². The molecule has 1 aliphatic carbocycles. The van der Waals surface area contributed by atoms with Crippen LogP contribution in [0.15, 0.2) is 0 Å². The van der Waals surface area contributed by atoms with Gasteiger partial charge in [-0.3, -0.25) is 0 Å². The van der Waals surface area contributed by atoms with Gasteiger partial charge in [0.1, 0.15) is 0 Å². The second kappa shape index (κ2) is 2.61. The van der Waals surface area contributed by atoms with E-state index in [1.54, 1.807) is 0 Å². The van der Waals surface area contributed by atoms with Gasteiger partial charge in [-0.1, -0.05) is 0 Å². The SMILES string of the molecule is O[C@]12CC1CN(CCCCl)C2. The fraction of sp³-hybridized carbons (Fsp3) is 1.00. The third-order valence-corrected chi connectivity index (χ3v) is 3.05. The fourth-order valence-electron chi connectivity index (χ4n) is 2.01. The summed E-state index contributed by atoms with van der Waals surface area (Å²) < 4.78 is 0. The van der Waals surface area contributed by atoms with Crippen LogP contribution >= 0.6 is 11.6 Å². The molecule has 1 unspecified atom stereocenters. The van der Waals surface area contributed by atoms with Crippen molar-refractivity contribution in [2.24, 2.45) is 5.92 Å². The minimum absolute atomic E-state index is 0.285. The van der Waals surface area contributed by atoms with Crippen LogP contribution in [-0.4, -0.2) is 41.1 Å². The molecule has 11 heavy (non-hydrogen) atoms. The van der Waals surface area contributed by atoms with Crippen molar-refractivity contribution in [2.45, 2.75) is 18.4 Å². The molecule has 3 heteroatoms. The predicted molar refractivity (Wildman–Crippen MR) is 44.8 cm³/mol. The van der Waals surface area contributed by atoms with E-state index >= 15 is 0 Å². The number of rotatable bonds is 3. The number of hydrogen-bond donors (Lipinski definition) is 1. The van der Waals surface area contributed by atoms with Crippen LogP contribution in [0, 0.1) is 5.92 Å². The molecule has 0 radical (unpaired) electrons. The Morgan fingerprint density at radius 3 is 3.00 bits per heavy atom. The Kier molecular flexibility index (Phi) is 1.86. The highest BCUT2D eigenvalue weighted by atomic mass is 35.5. The Labute approximate surface area is 72.1 Å². The first-order chi connectivity index (χ1) is 5.24. The molecule has 1 saturated carbocycles. The topological polar surface area (TPSA) is 23.5 Å². The molecule has 2 fully saturated rings. The highest BCUT2D eigenvalue weighted by molar-refractivity contribution is 6.17. The first kappa shape index (κ1) is 7.84. The number of alkyl halides is 1. The molecular formula is C8H14ClNO. The van der Waals surface area contributed by atoms with Crippen LogP contribution in [0.4, 0.5) is 0 Å². The third kappa shape index (κ3) is 1.40. The van der Waals surface area contributed by atoms with E-state index in [-0.39, 0.29) is 5.60 Å². The van der Waals surface area contributed by atoms with Gasteiger partial charge in [0, 0.05) is 24.9 Å². The van der Waals surface area contributed by atoms with E-state index in [9.17, 15) is 5.11 Å². The maximum absolute atomic E-state index is 9.66. The molecule has 0 bridgehead atoms. The van der Waals surface area contributed by atoms with Gasteiger partial charge in [-0.2, -0.15) is 0 Å². The van der Waals surface area contributed by atoms with Crippen LogP contribution in [0.25, 0.3) is 0 Å². The zero-order valence-corrected chi connectivity index (χ0v) is 7.35. The van der Waals surface area contributed by atoms with E-state index in [0.717, 1.165) is 38.4 Å². The van der Waals surface area contributed by atoms with Crippen LogP contribution in [0.1, 0.15) is 12.8 Å². The van der Waals surface area contributed by atoms with Crippen LogP contribution in [0.5, 0.6) is 0 Å². The van der Waals surface area contributed by atoms with E-state index in [0.29, 0.717) is 5.92 Å². The normalized spacial score (nSPS) is 42.5. The first-order valence-corrected chi connectivity index (χ1v) is 4.79. The summed E-state index contributed by atoms with van der Waals surface area (Å²) in [4.78, 5) is 2.32. The number of hydrogen-bond acceptors (Lipinski definition) is 2. The molecule has 64 valence electrons. The van der Waals surface area contributed by atoms with Gasteiger partial charge in [0.25, 0.3) is 0 Å². The highest BCUT2D eigenvalue weighted by Gasteiger charge is 2.58. The lowest BCUT2D eigenvalue weighted by atomic mass is 10.3. The van der Waals surface area contributed by atoms with Crippen molar-refractivity contribution >= 4 is 11.6 Å². The molecule has 0 aromatic carbocycles. The average Bonchev–Trinajstić information content (AvgIpc) is 2.47. The van der Waals surface area contributed by atoms with E-state index in [1.165, 1.54) is 0 Å². The molecular weight excluding hydrogens is 162 g/mol. The van der Waals surface area contributed by atoms with Gasteiger partial charge < -0.3 is 10.0 Å². The Morgan fingerprint density at radius 2 is 2.45 bits per heavy atom. The standard InChI is InChI=1S/C8H14ClNO/c9-2-1-3-10-5-7-4-8(7,11)6-10/h7,11H,1-6H2/t7?,8-/m0/s1. The summed E-state index contributed by atoms with van der Waals surface area (Å²) >= 11 is 5.57. The van der Waals surface area contributed by atoms with Crippen LogP contribution in [0.2, 0.25) is 0 Å². The third-order valence-electron chi connectivity index (χ3n) is 2.78. The summed E-state index contributed by atoms with van der Waals surface area (Å²) in [7, 11) is 0. The second-order valence-corrected chi connectivity index (χ2v) is 4.16. The van der Waals surface area contributed by atoms with Crippen molar-refractivity contribution in [3.63, 3.8) is 0 Å². The highest BCUT2D eigenvalue weighted by Crippen LogP contribution is 2.49. The van der Waals surface area contributed by atoms with E-state index < -0.39 is 0 Å². The predicted octanol–water partition coefficient (Wildman–Crippen LogP) is 0.682. The fourth-order valence-corrected chi connectivity index (χ4v) is 2.13. The summed E-state index contributed by atoms with van der Waals surface area (Å²) in [5.74, 6) is 1.32. The summed E-state index contributed by atoms with van der Waals surface area (Å²) in [5, 5.41) is 9.66. The van der Waals surface area contributed by atoms with Crippen molar-refractivity contribution in [1.82, 2.24) is 4.90 Å². The lowest BCUT2D eigenvalue weighted by Gasteiger charge is -2.17. The molecule has 0 aromatic rings. The summed E-state index contributed by atoms with van der Waals surface area (Å²) in [6, 6.07) is 0. The lowest BCUT2D eigenvalue weighted by molar-refractivity contribution is 0.128. The Hall–Kier alpha value is 0.210. The smallest absolute Gasteiger partial charge is 0.0819 e. The Balaban J connectivity index is 1.75. The van der Waals surface area contributed by atoms with Crippen molar-refractivity contribution in [1.29, 1.82) is 0 Å². The molecule has 1 saturated heterocycles. The minimum atomic E-state index is -0.285. The van der Waals surface area contributed by atoms with E-state index in [1.807, 2.05) is 0 Å². The largest absolute Gasteiger partial charge is 0.388 e. The Morgan fingerprint density at radius 1 is 1.64 bits per heavy atom.